The molecule has 2 atom stereocenters. The summed E-state index contributed by atoms with van der Waals surface area (Å²) in [5, 5.41) is 9.50. The van der Waals surface area contributed by atoms with E-state index in [0.717, 1.165) is 5.56 Å². The lowest BCUT2D eigenvalue weighted by molar-refractivity contribution is -0.144. The van der Waals surface area contributed by atoms with Crippen molar-refractivity contribution in [3.05, 3.63) is 30.1 Å². The number of carbonyl (C=O) groups is 2. The number of pyridine rings is 1. The van der Waals surface area contributed by atoms with Gasteiger partial charge in [0.2, 0.25) is 0 Å². The van der Waals surface area contributed by atoms with Crippen LogP contribution in [0.5, 0.6) is 0 Å². The van der Waals surface area contributed by atoms with Crippen molar-refractivity contribution in [2.24, 2.45) is 5.92 Å². The maximum Gasteiger partial charge on any atom is 0.410 e. The third-order valence-corrected chi connectivity index (χ3v) is 3.69. The van der Waals surface area contributed by atoms with Crippen molar-refractivity contribution in [2.75, 3.05) is 13.1 Å². The van der Waals surface area contributed by atoms with Gasteiger partial charge in [-0.25, -0.2) is 4.79 Å². The second kappa shape index (κ2) is 6.34. The zero-order valence-electron chi connectivity index (χ0n) is 13.2. The number of carbonyl (C=O) groups excluding carboxylic acids is 1. The minimum atomic E-state index is -0.901. The number of amides is 1. The fourth-order valence-electron chi connectivity index (χ4n) is 2.69. The van der Waals surface area contributed by atoms with E-state index < -0.39 is 23.6 Å². The lowest BCUT2D eigenvalue weighted by atomic mass is 9.81. The molecule has 0 radical (unpaired) electrons. The average Bonchev–Trinajstić information content (AvgIpc) is 2.45. The average molecular weight is 306 g/mol. The topological polar surface area (TPSA) is 79.7 Å². The quantitative estimate of drug-likeness (QED) is 0.908. The lowest BCUT2D eigenvalue weighted by Crippen LogP contribution is -2.47. The lowest BCUT2D eigenvalue weighted by Gasteiger charge is -2.37. The van der Waals surface area contributed by atoms with Gasteiger partial charge in [-0.3, -0.25) is 9.78 Å². The third-order valence-electron chi connectivity index (χ3n) is 3.69. The molecule has 1 fully saturated rings. The molecule has 0 aliphatic carbocycles. The van der Waals surface area contributed by atoms with Gasteiger partial charge in [-0.1, -0.05) is 6.07 Å². The van der Waals surface area contributed by atoms with E-state index in [2.05, 4.69) is 4.98 Å². The molecule has 6 heteroatoms. The molecule has 0 aromatic carbocycles. The number of aliphatic carboxylic acids is 1. The highest BCUT2D eigenvalue weighted by atomic mass is 16.6. The molecule has 1 aromatic rings. The van der Waals surface area contributed by atoms with Gasteiger partial charge >= 0.3 is 12.1 Å². The van der Waals surface area contributed by atoms with Crippen LogP contribution in [0.2, 0.25) is 0 Å². The van der Waals surface area contributed by atoms with Crippen molar-refractivity contribution in [3.63, 3.8) is 0 Å². The summed E-state index contributed by atoms with van der Waals surface area (Å²) in [5.74, 6) is -1.68. The van der Waals surface area contributed by atoms with Crippen LogP contribution in [0.25, 0.3) is 0 Å². The Balaban J connectivity index is 2.12. The first-order valence-corrected chi connectivity index (χ1v) is 7.38. The van der Waals surface area contributed by atoms with Crippen LogP contribution in [0.3, 0.4) is 0 Å². The zero-order chi connectivity index (χ0) is 16.3. The van der Waals surface area contributed by atoms with Crippen LogP contribution in [0.4, 0.5) is 4.79 Å². The van der Waals surface area contributed by atoms with E-state index >= 15 is 0 Å². The Labute approximate surface area is 130 Å². The largest absolute Gasteiger partial charge is 0.481 e. The van der Waals surface area contributed by atoms with Gasteiger partial charge in [0.05, 0.1) is 5.92 Å². The van der Waals surface area contributed by atoms with E-state index in [1.165, 1.54) is 4.90 Å². The molecule has 0 saturated carbocycles. The summed E-state index contributed by atoms with van der Waals surface area (Å²) in [4.78, 5) is 29.3. The van der Waals surface area contributed by atoms with Gasteiger partial charge in [-0.05, 0) is 38.8 Å². The number of hydrogen-bond acceptors (Lipinski definition) is 4. The molecule has 1 aromatic heterocycles. The maximum absolute atomic E-state index is 12.1. The Kier molecular flexibility index (Phi) is 4.68. The summed E-state index contributed by atoms with van der Waals surface area (Å²) in [5.41, 5.74) is 0.314. The molecular weight excluding hydrogens is 284 g/mol. The van der Waals surface area contributed by atoms with Gasteiger partial charge in [0.1, 0.15) is 5.60 Å². The van der Waals surface area contributed by atoms with Crippen molar-refractivity contribution in [2.45, 2.75) is 38.7 Å². The number of hydrogen-bond donors (Lipinski definition) is 1. The summed E-state index contributed by atoms with van der Waals surface area (Å²) in [6, 6.07) is 3.69. The summed E-state index contributed by atoms with van der Waals surface area (Å²) in [6.45, 7) is 6.02. The van der Waals surface area contributed by atoms with Gasteiger partial charge in [-0.15, -0.1) is 0 Å². The molecule has 2 heterocycles. The van der Waals surface area contributed by atoms with Gasteiger partial charge in [0.15, 0.2) is 0 Å². The minimum absolute atomic E-state index is 0.134. The molecule has 1 aliphatic rings. The Bertz CT molecular complexity index is 539. The van der Waals surface area contributed by atoms with Gasteiger partial charge < -0.3 is 14.7 Å². The van der Waals surface area contributed by atoms with Gasteiger partial charge in [0.25, 0.3) is 0 Å². The van der Waals surface area contributed by atoms with Gasteiger partial charge in [0, 0.05) is 31.4 Å². The standard InChI is InChI=1S/C16H22N2O4/c1-16(2,3)22-15(21)18-8-6-12(13(10-18)14(19)20)11-5-4-7-17-9-11/h4-5,7,9,12-13H,6,8,10H2,1-3H3,(H,19,20)/t12-,13+/m0/s1. The predicted octanol–water partition coefficient (Wildman–Crippen LogP) is 2.51. The van der Waals surface area contributed by atoms with E-state index in [4.69, 9.17) is 4.74 Å². The van der Waals surface area contributed by atoms with Crippen molar-refractivity contribution >= 4 is 12.1 Å². The van der Waals surface area contributed by atoms with Crippen molar-refractivity contribution < 1.29 is 19.4 Å². The van der Waals surface area contributed by atoms with Crippen molar-refractivity contribution in [1.82, 2.24) is 9.88 Å². The Morgan fingerprint density at radius 2 is 2.14 bits per heavy atom. The molecule has 22 heavy (non-hydrogen) atoms. The first kappa shape index (κ1) is 16.3. The first-order chi connectivity index (χ1) is 10.3. The summed E-state index contributed by atoms with van der Waals surface area (Å²) < 4.78 is 5.33. The van der Waals surface area contributed by atoms with E-state index in [0.29, 0.717) is 13.0 Å². The molecule has 0 spiro atoms. The smallest absolute Gasteiger partial charge is 0.410 e. The van der Waals surface area contributed by atoms with E-state index in [1.807, 2.05) is 6.07 Å². The van der Waals surface area contributed by atoms with Crippen LogP contribution in [0.1, 0.15) is 38.7 Å². The second-order valence-electron chi connectivity index (χ2n) is 6.55. The molecule has 0 unspecified atom stereocenters. The summed E-state index contributed by atoms with van der Waals surface area (Å²) >= 11 is 0. The van der Waals surface area contributed by atoms with Crippen molar-refractivity contribution in [3.8, 4) is 0 Å². The molecule has 1 N–H and O–H groups in total. The molecule has 120 valence electrons. The van der Waals surface area contributed by atoms with Crippen LogP contribution >= 0.6 is 0 Å². The maximum atomic E-state index is 12.1. The number of nitrogens with zero attached hydrogens (tertiary/aromatic N) is 2. The number of piperidine rings is 1. The third kappa shape index (κ3) is 3.96. The Hall–Kier alpha value is -2.11. The number of ether oxygens (including phenoxy) is 1. The van der Waals surface area contributed by atoms with Crippen LogP contribution < -0.4 is 0 Å². The number of carboxylic acid groups (broad SMARTS) is 1. The van der Waals surface area contributed by atoms with E-state index in [9.17, 15) is 14.7 Å². The minimum Gasteiger partial charge on any atom is -0.481 e. The number of carboxylic acids is 1. The Morgan fingerprint density at radius 3 is 2.68 bits per heavy atom. The summed E-state index contributed by atoms with van der Waals surface area (Å²) in [7, 11) is 0. The fourth-order valence-corrected chi connectivity index (χ4v) is 2.69. The Morgan fingerprint density at radius 1 is 1.41 bits per heavy atom. The monoisotopic (exact) mass is 306 g/mol. The van der Waals surface area contributed by atoms with Crippen LogP contribution in [-0.4, -0.2) is 45.7 Å². The first-order valence-electron chi connectivity index (χ1n) is 7.38. The second-order valence-corrected chi connectivity index (χ2v) is 6.55. The van der Waals surface area contributed by atoms with E-state index in [-0.39, 0.29) is 12.5 Å². The highest BCUT2D eigenvalue weighted by Gasteiger charge is 2.38. The molecule has 0 bridgehead atoms. The predicted molar refractivity (Wildman–Crippen MR) is 80.5 cm³/mol. The van der Waals surface area contributed by atoms with Crippen molar-refractivity contribution in [1.29, 1.82) is 0 Å². The van der Waals surface area contributed by atoms with Gasteiger partial charge in [-0.2, -0.15) is 0 Å². The molecule has 1 saturated heterocycles. The zero-order valence-corrected chi connectivity index (χ0v) is 13.2. The van der Waals surface area contributed by atoms with Crippen LogP contribution in [-0.2, 0) is 9.53 Å². The number of aromatic nitrogens is 1. The normalized spacial score (nSPS) is 22.2. The summed E-state index contributed by atoms with van der Waals surface area (Å²) in [6.07, 6.45) is 3.49. The van der Waals surface area contributed by atoms with E-state index in [1.54, 1.807) is 39.2 Å². The van der Waals surface area contributed by atoms with Crippen LogP contribution in [0.15, 0.2) is 24.5 Å². The number of likely N-dealkylation sites (tertiary alicyclic amines) is 1. The highest BCUT2D eigenvalue weighted by molar-refractivity contribution is 5.74. The SMILES string of the molecule is CC(C)(C)OC(=O)N1CC[C@@H](c2cccnc2)[C@H](C(=O)O)C1. The molecule has 2 rings (SSSR count). The van der Waals surface area contributed by atoms with Crippen LogP contribution in [0, 0.1) is 5.92 Å². The molecule has 1 amide bonds. The molecular formula is C16H22N2O4. The highest BCUT2D eigenvalue weighted by Crippen LogP contribution is 2.33. The molecule has 1 aliphatic heterocycles. The fraction of sp³-hybridized carbons (Fsp3) is 0.562. The molecule has 6 nitrogen and oxygen atoms in total. The number of rotatable bonds is 2.